The quantitative estimate of drug-likeness (QED) is 0.707. The van der Waals surface area contributed by atoms with Crippen molar-refractivity contribution in [2.75, 3.05) is 11.3 Å². The summed E-state index contributed by atoms with van der Waals surface area (Å²) in [5, 5.41) is -0.808. The lowest BCUT2D eigenvalue weighted by Crippen LogP contribution is -2.24. The largest absolute Gasteiger partial charge is 0.463 e. The second kappa shape index (κ2) is 8.35. The molecule has 0 fully saturated rings. The zero-order valence-electron chi connectivity index (χ0n) is 16.1. The molecule has 2 rings (SSSR count). The molecule has 0 aliphatic carbocycles. The van der Waals surface area contributed by atoms with Crippen molar-refractivity contribution in [2.45, 2.75) is 38.6 Å². The van der Waals surface area contributed by atoms with Crippen LogP contribution in [0.25, 0.3) is 11.4 Å². The summed E-state index contributed by atoms with van der Waals surface area (Å²) in [5.74, 6) is -0.473. The molecule has 0 saturated carbocycles. The third kappa shape index (κ3) is 6.14. The monoisotopic (exact) mass is 435 g/mol. The second-order valence-electron chi connectivity index (χ2n) is 6.50. The van der Waals surface area contributed by atoms with E-state index in [1.165, 1.54) is 37.7 Å². The van der Waals surface area contributed by atoms with Crippen molar-refractivity contribution >= 4 is 16.0 Å². The zero-order chi connectivity index (χ0) is 22.0. The van der Waals surface area contributed by atoms with Crippen LogP contribution in [-0.4, -0.2) is 46.0 Å². The summed E-state index contributed by atoms with van der Waals surface area (Å²) in [4.78, 5) is 23.6. The number of pyridine rings is 1. The second-order valence-corrected chi connectivity index (χ2v) is 8.74. The average Bonchev–Trinajstić information content (AvgIpc) is 2.57. The Bertz CT molecular complexity index is 1030. The van der Waals surface area contributed by atoms with Crippen LogP contribution in [0.4, 0.5) is 19.1 Å². The number of ether oxygens (including phenoxy) is 1. The first-order chi connectivity index (χ1) is 13.3. The Morgan fingerprint density at radius 1 is 1.24 bits per heavy atom. The Labute approximate surface area is 165 Å². The van der Waals surface area contributed by atoms with Gasteiger partial charge in [-0.15, -0.1) is 0 Å². The Morgan fingerprint density at radius 3 is 2.45 bits per heavy atom. The number of nitrogens with one attached hydrogen (secondary N) is 1. The highest BCUT2D eigenvalue weighted by Gasteiger charge is 2.27. The molecular weight excluding hydrogens is 415 g/mol. The SMILES string of the molecule is Cc1cc(-c2nc(NS(=O)(=O)C(C)C)nc(OCCC(F)(F)F)n2)cn(C)c1=O. The normalized spacial score (nSPS) is 12.3. The molecule has 0 radical (unpaired) electrons. The van der Waals surface area contributed by atoms with Crippen LogP contribution in [0, 0.1) is 6.92 Å². The van der Waals surface area contributed by atoms with Crippen LogP contribution in [0.5, 0.6) is 6.01 Å². The summed E-state index contributed by atoms with van der Waals surface area (Å²) in [7, 11) is -2.32. The molecule has 13 heteroatoms. The van der Waals surface area contributed by atoms with E-state index >= 15 is 0 Å². The molecule has 0 saturated heterocycles. The molecule has 1 N–H and O–H groups in total. The number of hydrogen-bond acceptors (Lipinski definition) is 7. The van der Waals surface area contributed by atoms with Crippen molar-refractivity contribution in [3.8, 4) is 17.4 Å². The Balaban J connectivity index is 2.48. The molecule has 29 heavy (non-hydrogen) atoms. The van der Waals surface area contributed by atoms with Crippen molar-refractivity contribution in [3.63, 3.8) is 0 Å². The van der Waals surface area contributed by atoms with E-state index in [-0.39, 0.29) is 11.4 Å². The fourth-order valence-electron chi connectivity index (χ4n) is 2.10. The van der Waals surface area contributed by atoms with Gasteiger partial charge in [-0.25, -0.2) is 8.42 Å². The van der Waals surface area contributed by atoms with Gasteiger partial charge in [0.25, 0.3) is 5.56 Å². The number of aryl methyl sites for hydroxylation is 2. The van der Waals surface area contributed by atoms with Gasteiger partial charge in [-0.3, -0.25) is 9.52 Å². The van der Waals surface area contributed by atoms with E-state index in [1.807, 2.05) is 0 Å². The third-order valence-corrected chi connectivity index (χ3v) is 5.41. The van der Waals surface area contributed by atoms with E-state index in [0.717, 1.165) is 0 Å². The smallest absolute Gasteiger partial charge is 0.392 e. The fourth-order valence-corrected chi connectivity index (χ4v) is 2.68. The van der Waals surface area contributed by atoms with Crippen LogP contribution < -0.4 is 15.0 Å². The van der Waals surface area contributed by atoms with Crippen molar-refractivity contribution in [1.82, 2.24) is 19.5 Å². The highest BCUT2D eigenvalue weighted by Crippen LogP contribution is 2.22. The molecule has 0 aliphatic heterocycles. The maximum atomic E-state index is 12.4. The molecule has 0 aliphatic rings. The molecule has 0 amide bonds. The summed E-state index contributed by atoms with van der Waals surface area (Å²) in [6.45, 7) is 3.68. The van der Waals surface area contributed by atoms with Gasteiger partial charge in [0.2, 0.25) is 16.0 Å². The first-order valence-electron chi connectivity index (χ1n) is 8.43. The highest BCUT2D eigenvalue weighted by molar-refractivity contribution is 7.93. The predicted molar refractivity (Wildman–Crippen MR) is 99.1 cm³/mol. The maximum Gasteiger partial charge on any atom is 0.392 e. The minimum atomic E-state index is -4.44. The Kier molecular flexibility index (Phi) is 6.50. The molecule has 0 spiro atoms. The van der Waals surface area contributed by atoms with Gasteiger partial charge in [-0.1, -0.05) is 0 Å². The van der Waals surface area contributed by atoms with E-state index in [4.69, 9.17) is 4.74 Å². The number of alkyl halides is 3. The molecule has 2 aromatic heterocycles. The van der Waals surface area contributed by atoms with Gasteiger partial charge in [0.1, 0.15) is 6.61 Å². The number of anilines is 1. The minimum absolute atomic E-state index is 0.0674. The lowest BCUT2D eigenvalue weighted by atomic mass is 10.2. The number of halogens is 3. The lowest BCUT2D eigenvalue weighted by Gasteiger charge is -2.13. The lowest BCUT2D eigenvalue weighted by molar-refractivity contribution is -0.139. The zero-order valence-corrected chi connectivity index (χ0v) is 16.9. The number of aromatic nitrogens is 4. The standard InChI is InChI=1S/C16H20F3N5O4S/c1-9(2)29(26,27)23-14-20-12(11-7-10(3)13(25)24(4)8-11)21-15(22-14)28-6-5-16(17,18)19/h7-9H,5-6H2,1-4H3,(H,20,21,22,23). The van der Waals surface area contributed by atoms with Gasteiger partial charge in [0.15, 0.2) is 5.82 Å². The predicted octanol–water partition coefficient (Wildman–Crippen LogP) is 2.03. The van der Waals surface area contributed by atoms with Gasteiger partial charge in [0.05, 0.1) is 11.7 Å². The molecule has 160 valence electrons. The van der Waals surface area contributed by atoms with E-state index < -0.39 is 46.4 Å². The van der Waals surface area contributed by atoms with Crippen molar-refractivity contribution in [1.29, 1.82) is 0 Å². The van der Waals surface area contributed by atoms with Crippen molar-refractivity contribution < 1.29 is 26.3 Å². The molecule has 0 unspecified atom stereocenters. The van der Waals surface area contributed by atoms with E-state index in [9.17, 15) is 26.4 Å². The molecule has 0 atom stereocenters. The highest BCUT2D eigenvalue weighted by atomic mass is 32.2. The molecule has 2 aromatic rings. The van der Waals surface area contributed by atoms with Crippen LogP contribution in [-0.2, 0) is 17.1 Å². The summed E-state index contributed by atoms with van der Waals surface area (Å²) in [6.07, 6.45) is -4.27. The Morgan fingerprint density at radius 2 is 1.90 bits per heavy atom. The van der Waals surface area contributed by atoms with Crippen LogP contribution in [0.3, 0.4) is 0 Å². The van der Waals surface area contributed by atoms with Crippen LogP contribution in [0.15, 0.2) is 17.1 Å². The first-order valence-corrected chi connectivity index (χ1v) is 9.98. The van der Waals surface area contributed by atoms with Crippen LogP contribution >= 0.6 is 0 Å². The summed E-state index contributed by atoms with van der Waals surface area (Å²) >= 11 is 0. The molecule has 0 bridgehead atoms. The van der Waals surface area contributed by atoms with Gasteiger partial charge >= 0.3 is 12.2 Å². The summed E-state index contributed by atoms with van der Waals surface area (Å²) in [6, 6.07) is 0.991. The topological polar surface area (TPSA) is 116 Å². The molecular formula is C16H20F3N5O4S. The average molecular weight is 435 g/mol. The number of nitrogens with zero attached hydrogens (tertiary/aromatic N) is 4. The van der Waals surface area contributed by atoms with E-state index in [0.29, 0.717) is 11.1 Å². The first kappa shape index (κ1) is 22.6. The van der Waals surface area contributed by atoms with Gasteiger partial charge < -0.3 is 9.30 Å². The molecule has 2 heterocycles. The number of hydrogen-bond donors (Lipinski definition) is 1. The molecule has 0 aromatic carbocycles. The van der Waals surface area contributed by atoms with E-state index in [1.54, 1.807) is 6.92 Å². The van der Waals surface area contributed by atoms with Crippen LogP contribution in [0.2, 0.25) is 0 Å². The van der Waals surface area contributed by atoms with E-state index in [2.05, 4.69) is 19.7 Å². The van der Waals surface area contributed by atoms with Gasteiger partial charge in [-0.05, 0) is 26.8 Å². The molecule has 9 nitrogen and oxygen atoms in total. The fraction of sp³-hybridized carbons (Fsp3) is 0.500. The summed E-state index contributed by atoms with van der Waals surface area (Å²) in [5.41, 5.74) is 0.442. The van der Waals surface area contributed by atoms with Crippen molar-refractivity contribution in [3.05, 3.63) is 28.2 Å². The minimum Gasteiger partial charge on any atom is -0.463 e. The third-order valence-electron chi connectivity index (χ3n) is 3.71. The van der Waals surface area contributed by atoms with Gasteiger partial charge in [0, 0.05) is 24.4 Å². The number of rotatable bonds is 7. The summed E-state index contributed by atoms with van der Waals surface area (Å²) < 4.78 is 69.7. The van der Waals surface area contributed by atoms with Gasteiger partial charge in [-0.2, -0.15) is 28.1 Å². The number of sulfonamides is 1. The van der Waals surface area contributed by atoms with Crippen LogP contribution in [0.1, 0.15) is 25.8 Å². The maximum absolute atomic E-state index is 12.4. The Hall–Kier alpha value is -2.70. The van der Waals surface area contributed by atoms with Crippen molar-refractivity contribution in [2.24, 2.45) is 7.05 Å².